The molecule has 0 aliphatic rings. The SMILES string of the molecule is c1ccc(-c2cccc(-c3nc(-c4ccccc4)nc(-c4cc(-c5ccccc5)cc5oc6c(-c7ccc(-n8c9ccccc9c9ccccc98)cc7)cccc6c45)n3)c2)cc1. The molecule has 5 nitrogen and oxygen atoms in total. The highest BCUT2D eigenvalue weighted by Gasteiger charge is 2.22. The van der Waals surface area contributed by atoms with Crippen molar-refractivity contribution in [3.63, 3.8) is 0 Å². The number of nitrogens with zero attached hydrogens (tertiary/aromatic N) is 4. The molecule has 0 aliphatic carbocycles. The predicted octanol–water partition coefficient (Wildman–Crippen LogP) is 14.9. The van der Waals surface area contributed by atoms with Crippen molar-refractivity contribution in [2.24, 2.45) is 0 Å². The van der Waals surface area contributed by atoms with E-state index in [-0.39, 0.29) is 0 Å². The first-order chi connectivity index (χ1) is 30.7. The van der Waals surface area contributed by atoms with Crippen LogP contribution >= 0.6 is 0 Å². The van der Waals surface area contributed by atoms with Gasteiger partial charge in [-0.15, -0.1) is 0 Å². The van der Waals surface area contributed by atoms with E-state index < -0.39 is 0 Å². The largest absolute Gasteiger partial charge is 0.455 e. The summed E-state index contributed by atoms with van der Waals surface area (Å²) in [4.78, 5) is 15.7. The lowest BCUT2D eigenvalue weighted by atomic mass is 9.96. The van der Waals surface area contributed by atoms with Crippen molar-refractivity contribution in [3.8, 4) is 73.2 Å². The van der Waals surface area contributed by atoms with E-state index in [4.69, 9.17) is 19.4 Å². The number of hydrogen-bond acceptors (Lipinski definition) is 4. The van der Waals surface area contributed by atoms with Gasteiger partial charge in [-0.1, -0.05) is 176 Å². The minimum Gasteiger partial charge on any atom is -0.455 e. The van der Waals surface area contributed by atoms with Crippen LogP contribution in [0.3, 0.4) is 0 Å². The molecule has 0 radical (unpaired) electrons. The number of rotatable bonds is 7. The van der Waals surface area contributed by atoms with E-state index in [1.165, 1.54) is 21.8 Å². The summed E-state index contributed by atoms with van der Waals surface area (Å²) in [6, 6.07) is 76.2. The molecule has 5 heteroatoms. The highest BCUT2D eigenvalue weighted by molar-refractivity contribution is 6.16. The smallest absolute Gasteiger partial charge is 0.164 e. The van der Waals surface area contributed by atoms with Gasteiger partial charge in [0, 0.05) is 49.5 Å². The van der Waals surface area contributed by atoms with Crippen molar-refractivity contribution >= 4 is 43.7 Å². The molecule has 3 heterocycles. The Morgan fingerprint density at radius 1 is 0.323 bits per heavy atom. The zero-order valence-electron chi connectivity index (χ0n) is 33.5. The second kappa shape index (κ2) is 14.7. The highest BCUT2D eigenvalue weighted by Crippen LogP contribution is 2.43. The molecule has 0 saturated carbocycles. The van der Waals surface area contributed by atoms with E-state index in [0.717, 1.165) is 77.7 Å². The van der Waals surface area contributed by atoms with E-state index >= 15 is 0 Å². The monoisotopic (exact) mass is 792 g/mol. The standard InChI is InChI=1S/C57H36N4O/c1-4-16-37(17-5-1)41-22-14-23-42(34-41)56-58-55(40-20-8-3-9-21-40)59-57(60-56)49-35-43(38-18-6-2-7-19-38)36-52-53(49)48-27-15-26-45(54(48)62-52)39-30-32-44(33-31-39)61-50-28-12-10-24-46(50)47-25-11-13-29-51(47)61/h1-36H. The zero-order valence-corrected chi connectivity index (χ0v) is 33.5. The van der Waals surface area contributed by atoms with Crippen molar-refractivity contribution in [3.05, 3.63) is 218 Å². The van der Waals surface area contributed by atoms with Crippen LogP contribution in [0.2, 0.25) is 0 Å². The molecule has 0 aliphatic heterocycles. The Morgan fingerprint density at radius 2 is 0.839 bits per heavy atom. The average Bonchev–Trinajstić information content (AvgIpc) is 3.91. The molecular formula is C57H36N4O. The van der Waals surface area contributed by atoms with Crippen molar-refractivity contribution in [1.82, 2.24) is 19.5 Å². The summed E-state index contributed by atoms with van der Waals surface area (Å²) in [5, 5.41) is 4.43. The van der Waals surface area contributed by atoms with Gasteiger partial charge in [-0.2, -0.15) is 0 Å². The average molecular weight is 793 g/mol. The molecule has 0 amide bonds. The molecule has 9 aromatic carbocycles. The molecule has 12 aromatic rings. The molecule has 62 heavy (non-hydrogen) atoms. The molecule has 0 atom stereocenters. The predicted molar refractivity (Wildman–Crippen MR) is 254 cm³/mol. The first kappa shape index (κ1) is 35.5. The minimum absolute atomic E-state index is 0.574. The van der Waals surface area contributed by atoms with E-state index in [0.29, 0.717) is 17.5 Å². The Kier molecular flexibility index (Phi) is 8.42. The molecule has 0 N–H and O–H groups in total. The summed E-state index contributed by atoms with van der Waals surface area (Å²) in [7, 11) is 0. The van der Waals surface area contributed by atoms with Crippen LogP contribution in [0.5, 0.6) is 0 Å². The lowest BCUT2D eigenvalue weighted by molar-refractivity contribution is 0.670. The number of benzene rings is 9. The van der Waals surface area contributed by atoms with Gasteiger partial charge in [0.2, 0.25) is 0 Å². The van der Waals surface area contributed by atoms with Crippen LogP contribution in [0.25, 0.3) is 117 Å². The van der Waals surface area contributed by atoms with Crippen LogP contribution in [0, 0.1) is 0 Å². The highest BCUT2D eigenvalue weighted by atomic mass is 16.3. The van der Waals surface area contributed by atoms with Crippen LogP contribution in [-0.4, -0.2) is 19.5 Å². The second-order valence-corrected chi connectivity index (χ2v) is 15.6. The Hall–Kier alpha value is -8.41. The Balaban J connectivity index is 1.05. The molecule has 290 valence electrons. The fourth-order valence-electron chi connectivity index (χ4n) is 8.93. The lowest BCUT2D eigenvalue weighted by Crippen LogP contribution is -2.01. The number of aromatic nitrogens is 4. The van der Waals surface area contributed by atoms with Crippen molar-refractivity contribution in [2.45, 2.75) is 0 Å². The van der Waals surface area contributed by atoms with Gasteiger partial charge in [0.15, 0.2) is 17.5 Å². The normalized spacial score (nSPS) is 11.5. The van der Waals surface area contributed by atoms with Crippen LogP contribution in [-0.2, 0) is 0 Å². The third-order valence-corrected chi connectivity index (χ3v) is 11.9. The van der Waals surface area contributed by atoms with Gasteiger partial charge in [-0.25, -0.2) is 15.0 Å². The summed E-state index contributed by atoms with van der Waals surface area (Å²) >= 11 is 0. The van der Waals surface area contributed by atoms with E-state index in [2.05, 4.69) is 180 Å². The van der Waals surface area contributed by atoms with Gasteiger partial charge >= 0.3 is 0 Å². The van der Waals surface area contributed by atoms with Gasteiger partial charge in [0.25, 0.3) is 0 Å². The Bertz CT molecular complexity index is 3560. The third kappa shape index (κ3) is 6.06. The van der Waals surface area contributed by atoms with Gasteiger partial charge in [-0.3, -0.25) is 0 Å². The third-order valence-electron chi connectivity index (χ3n) is 11.9. The molecule has 0 unspecified atom stereocenters. The fourth-order valence-corrected chi connectivity index (χ4v) is 8.93. The summed E-state index contributed by atoms with van der Waals surface area (Å²) in [6.45, 7) is 0. The molecule has 0 saturated heterocycles. The summed E-state index contributed by atoms with van der Waals surface area (Å²) in [6.07, 6.45) is 0. The van der Waals surface area contributed by atoms with E-state index in [1.807, 2.05) is 42.5 Å². The summed E-state index contributed by atoms with van der Waals surface area (Å²) in [5.41, 5.74) is 14.1. The van der Waals surface area contributed by atoms with Crippen molar-refractivity contribution in [2.75, 3.05) is 0 Å². The first-order valence-corrected chi connectivity index (χ1v) is 20.8. The van der Waals surface area contributed by atoms with E-state index in [1.54, 1.807) is 0 Å². The van der Waals surface area contributed by atoms with Crippen LogP contribution in [0.1, 0.15) is 0 Å². The van der Waals surface area contributed by atoms with E-state index in [9.17, 15) is 0 Å². The molecule has 12 rings (SSSR count). The summed E-state index contributed by atoms with van der Waals surface area (Å²) in [5.74, 6) is 1.78. The van der Waals surface area contributed by atoms with Crippen molar-refractivity contribution in [1.29, 1.82) is 0 Å². The second-order valence-electron chi connectivity index (χ2n) is 15.6. The molecular weight excluding hydrogens is 757 g/mol. The Morgan fingerprint density at radius 3 is 1.52 bits per heavy atom. The number of para-hydroxylation sites is 3. The maximum atomic E-state index is 7.00. The lowest BCUT2D eigenvalue weighted by Gasteiger charge is -2.12. The quantitative estimate of drug-likeness (QED) is 0.161. The fraction of sp³-hybridized carbons (Fsp3) is 0. The number of hydrogen-bond donors (Lipinski definition) is 0. The van der Waals surface area contributed by atoms with Crippen LogP contribution in [0.15, 0.2) is 223 Å². The topological polar surface area (TPSA) is 56.7 Å². The minimum atomic E-state index is 0.574. The first-order valence-electron chi connectivity index (χ1n) is 20.8. The Labute approximate surface area is 357 Å². The number of fused-ring (bicyclic) bond motifs is 6. The maximum absolute atomic E-state index is 7.00. The van der Waals surface area contributed by atoms with Crippen LogP contribution < -0.4 is 0 Å². The summed E-state index contributed by atoms with van der Waals surface area (Å²) < 4.78 is 9.34. The van der Waals surface area contributed by atoms with Gasteiger partial charge in [-0.05, 0) is 70.3 Å². The maximum Gasteiger partial charge on any atom is 0.164 e. The zero-order chi connectivity index (χ0) is 41.0. The molecule has 0 fully saturated rings. The molecule has 3 aromatic heterocycles. The van der Waals surface area contributed by atoms with Gasteiger partial charge < -0.3 is 8.98 Å². The van der Waals surface area contributed by atoms with Crippen molar-refractivity contribution < 1.29 is 4.42 Å². The van der Waals surface area contributed by atoms with Gasteiger partial charge in [0.1, 0.15) is 11.2 Å². The van der Waals surface area contributed by atoms with Crippen LogP contribution in [0.4, 0.5) is 0 Å². The van der Waals surface area contributed by atoms with Gasteiger partial charge in [0.05, 0.1) is 11.0 Å². The molecule has 0 bridgehead atoms. The number of furan rings is 1. The molecule has 0 spiro atoms.